The van der Waals surface area contributed by atoms with Gasteiger partial charge in [-0.3, -0.25) is 19.5 Å². The number of carbonyl (C=O) groups excluding carboxylic acids is 2. The van der Waals surface area contributed by atoms with E-state index in [1.807, 2.05) is 0 Å². The maximum atomic E-state index is 13.2. The lowest BCUT2D eigenvalue weighted by Crippen LogP contribution is -2.40. The molecule has 0 aliphatic carbocycles. The average Bonchev–Trinajstić information content (AvgIpc) is 3.23. The predicted molar refractivity (Wildman–Crippen MR) is 141 cm³/mol. The van der Waals surface area contributed by atoms with Gasteiger partial charge >= 0.3 is 0 Å². The van der Waals surface area contributed by atoms with Crippen LogP contribution >= 0.6 is 0 Å². The lowest BCUT2D eigenvalue weighted by molar-refractivity contribution is -0.140. The Morgan fingerprint density at radius 2 is 1.62 bits per heavy atom. The summed E-state index contributed by atoms with van der Waals surface area (Å²) in [5, 5.41) is 11.3. The van der Waals surface area contributed by atoms with Crippen molar-refractivity contribution in [2.24, 2.45) is 0 Å². The Hall–Kier alpha value is -3.16. The fourth-order valence-electron chi connectivity index (χ4n) is 5.16. The first-order valence-electron chi connectivity index (χ1n) is 13.0. The molecule has 12 heteroatoms. The van der Waals surface area contributed by atoms with Crippen LogP contribution in [-0.4, -0.2) is 110 Å². The summed E-state index contributed by atoms with van der Waals surface area (Å²) in [5.41, 5.74) is 0.815. The SMILES string of the molecule is O=C1C(=O)N(CCCN2CCOCC2)[C@H](c2cccnc2)C1=C(O)c1ccc(S(=O)(=O)N2CCOCC2)cc1. The first kappa shape index (κ1) is 27.4. The van der Waals surface area contributed by atoms with Crippen LogP contribution in [0.3, 0.4) is 0 Å². The topological polar surface area (TPSA) is 130 Å². The fourth-order valence-corrected chi connectivity index (χ4v) is 6.57. The molecule has 208 valence electrons. The van der Waals surface area contributed by atoms with E-state index in [0.29, 0.717) is 45.0 Å². The summed E-state index contributed by atoms with van der Waals surface area (Å²) >= 11 is 0. The predicted octanol–water partition coefficient (Wildman–Crippen LogP) is 1.25. The zero-order valence-electron chi connectivity index (χ0n) is 21.6. The summed E-state index contributed by atoms with van der Waals surface area (Å²) in [5.74, 6) is -1.81. The van der Waals surface area contributed by atoms with Crippen LogP contribution in [0.25, 0.3) is 5.76 Å². The molecule has 0 unspecified atom stereocenters. The van der Waals surface area contributed by atoms with E-state index in [2.05, 4.69) is 9.88 Å². The number of pyridine rings is 1. The highest BCUT2D eigenvalue weighted by molar-refractivity contribution is 7.89. The molecule has 5 rings (SSSR count). The number of ketones is 1. The van der Waals surface area contributed by atoms with Crippen LogP contribution in [0.4, 0.5) is 0 Å². The number of likely N-dealkylation sites (tertiary alicyclic amines) is 1. The third-order valence-corrected chi connectivity index (χ3v) is 9.17. The van der Waals surface area contributed by atoms with Crippen molar-refractivity contribution in [1.82, 2.24) is 19.1 Å². The number of aliphatic hydroxyl groups excluding tert-OH is 1. The Labute approximate surface area is 227 Å². The Morgan fingerprint density at radius 1 is 0.949 bits per heavy atom. The van der Waals surface area contributed by atoms with Gasteiger partial charge in [-0.15, -0.1) is 0 Å². The molecule has 3 saturated heterocycles. The summed E-state index contributed by atoms with van der Waals surface area (Å²) < 4.78 is 38.0. The van der Waals surface area contributed by atoms with Crippen LogP contribution in [0, 0.1) is 0 Å². The number of aromatic nitrogens is 1. The summed E-state index contributed by atoms with van der Waals surface area (Å²) in [6.07, 6.45) is 3.83. The molecule has 11 nitrogen and oxygen atoms in total. The van der Waals surface area contributed by atoms with Crippen molar-refractivity contribution in [3.8, 4) is 0 Å². The Bertz CT molecular complexity index is 1320. The van der Waals surface area contributed by atoms with E-state index in [0.717, 1.165) is 19.6 Å². The number of carbonyl (C=O) groups is 2. The molecule has 1 amide bonds. The lowest BCUT2D eigenvalue weighted by Gasteiger charge is -2.29. The number of hydrogen-bond donors (Lipinski definition) is 1. The second-order valence-corrected chi connectivity index (χ2v) is 11.6. The number of sulfonamides is 1. The van der Waals surface area contributed by atoms with Crippen molar-refractivity contribution in [1.29, 1.82) is 0 Å². The maximum Gasteiger partial charge on any atom is 0.295 e. The minimum atomic E-state index is -3.72. The van der Waals surface area contributed by atoms with E-state index >= 15 is 0 Å². The summed E-state index contributed by atoms with van der Waals surface area (Å²) in [7, 11) is -3.72. The Kier molecular flexibility index (Phi) is 8.38. The Morgan fingerprint density at radius 3 is 2.26 bits per heavy atom. The van der Waals surface area contributed by atoms with Gasteiger partial charge in [0.2, 0.25) is 10.0 Å². The zero-order chi connectivity index (χ0) is 27.4. The van der Waals surface area contributed by atoms with Gasteiger partial charge < -0.3 is 19.5 Å². The van der Waals surface area contributed by atoms with Crippen molar-refractivity contribution in [2.75, 3.05) is 65.7 Å². The molecular weight excluding hydrogens is 524 g/mol. The van der Waals surface area contributed by atoms with Gasteiger partial charge in [-0.05, 0) is 42.3 Å². The highest BCUT2D eigenvalue weighted by Gasteiger charge is 2.46. The van der Waals surface area contributed by atoms with E-state index in [9.17, 15) is 23.1 Å². The Balaban J connectivity index is 1.42. The van der Waals surface area contributed by atoms with Crippen LogP contribution in [0.5, 0.6) is 0 Å². The van der Waals surface area contributed by atoms with Crippen molar-refractivity contribution >= 4 is 27.5 Å². The molecule has 0 saturated carbocycles. The molecule has 0 spiro atoms. The van der Waals surface area contributed by atoms with E-state index in [1.54, 1.807) is 24.5 Å². The van der Waals surface area contributed by atoms with Crippen LogP contribution in [-0.2, 0) is 29.1 Å². The second kappa shape index (κ2) is 11.9. The number of Topliss-reactive ketones (excluding diaryl/α,β-unsaturated/α-hetero) is 1. The maximum absolute atomic E-state index is 13.2. The first-order valence-corrected chi connectivity index (χ1v) is 14.5. The lowest BCUT2D eigenvalue weighted by atomic mass is 9.96. The van der Waals surface area contributed by atoms with Gasteiger partial charge in [-0.25, -0.2) is 8.42 Å². The number of amides is 1. The fraction of sp³-hybridized carbons (Fsp3) is 0.444. The molecule has 3 aliphatic heterocycles. The van der Waals surface area contributed by atoms with Gasteiger partial charge in [0.25, 0.3) is 11.7 Å². The van der Waals surface area contributed by atoms with Crippen LogP contribution in [0.1, 0.15) is 23.6 Å². The minimum Gasteiger partial charge on any atom is -0.507 e. The summed E-state index contributed by atoms with van der Waals surface area (Å²) in [4.78, 5) is 34.4. The average molecular weight is 557 g/mol. The third-order valence-electron chi connectivity index (χ3n) is 7.25. The molecule has 39 heavy (non-hydrogen) atoms. The largest absolute Gasteiger partial charge is 0.507 e. The van der Waals surface area contributed by atoms with Crippen molar-refractivity contribution in [3.05, 3.63) is 65.5 Å². The molecule has 0 bridgehead atoms. The molecule has 1 atom stereocenters. The number of nitrogens with zero attached hydrogens (tertiary/aromatic N) is 4. The van der Waals surface area contributed by atoms with Crippen LogP contribution in [0.15, 0.2) is 59.3 Å². The monoisotopic (exact) mass is 556 g/mol. The molecule has 0 radical (unpaired) electrons. The number of ether oxygens (including phenoxy) is 2. The molecule has 2 aromatic rings. The van der Waals surface area contributed by atoms with Crippen molar-refractivity contribution in [3.63, 3.8) is 0 Å². The van der Waals surface area contributed by atoms with E-state index in [1.165, 1.54) is 33.5 Å². The van der Waals surface area contributed by atoms with Gasteiger partial charge in [0.05, 0.1) is 42.9 Å². The van der Waals surface area contributed by atoms with Crippen molar-refractivity contribution < 1.29 is 32.6 Å². The highest BCUT2D eigenvalue weighted by Crippen LogP contribution is 2.39. The van der Waals surface area contributed by atoms with E-state index < -0.39 is 27.8 Å². The normalized spacial score (nSPS) is 22.9. The van der Waals surface area contributed by atoms with Crippen LogP contribution < -0.4 is 0 Å². The molecule has 3 fully saturated rings. The van der Waals surface area contributed by atoms with Crippen molar-refractivity contribution in [2.45, 2.75) is 17.4 Å². The number of hydrogen-bond acceptors (Lipinski definition) is 9. The molecule has 1 aromatic carbocycles. The molecule has 4 heterocycles. The standard InChI is InChI=1S/C27H32N4O7S/c32-25(20-4-6-22(7-5-20)39(35,36)30-13-17-38-18-14-30)23-24(21-3-1-8-28-19-21)31(27(34)26(23)33)10-2-9-29-11-15-37-16-12-29/h1,3-8,19,24,32H,2,9-18H2/t24-/m1/s1. The van der Waals surface area contributed by atoms with Gasteiger partial charge in [0.15, 0.2) is 0 Å². The summed E-state index contributed by atoms with van der Waals surface area (Å²) in [6, 6.07) is 8.39. The van der Waals surface area contributed by atoms with Gasteiger partial charge in [-0.2, -0.15) is 4.31 Å². The van der Waals surface area contributed by atoms with E-state index in [4.69, 9.17) is 9.47 Å². The number of aliphatic hydroxyl groups is 1. The zero-order valence-corrected chi connectivity index (χ0v) is 22.4. The quantitative estimate of drug-likeness (QED) is 0.290. The van der Waals surface area contributed by atoms with Gasteiger partial charge in [0, 0.05) is 57.2 Å². The first-order chi connectivity index (χ1) is 18.9. The van der Waals surface area contributed by atoms with Crippen LogP contribution in [0.2, 0.25) is 0 Å². The van der Waals surface area contributed by atoms with Gasteiger partial charge in [-0.1, -0.05) is 6.07 Å². The summed E-state index contributed by atoms with van der Waals surface area (Å²) in [6.45, 7) is 5.27. The number of rotatable bonds is 8. The minimum absolute atomic E-state index is 0.0387. The smallest absolute Gasteiger partial charge is 0.295 e. The molecule has 1 N–H and O–H groups in total. The number of morpholine rings is 2. The number of benzene rings is 1. The second-order valence-electron chi connectivity index (χ2n) is 9.63. The highest BCUT2D eigenvalue weighted by atomic mass is 32.2. The molecule has 1 aromatic heterocycles. The molecular formula is C27H32N4O7S. The van der Waals surface area contributed by atoms with Gasteiger partial charge in [0.1, 0.15) is 5.76 Å². The third kappa shape index (κ3) is 5.75. The van der Waals surface area contributed by atoms with E-state index in [-0.39, 0.29) is 34.9 Å². The molecule has 3 aliphatic rings.